The first-order valence-electron chi connectivity index (χ1n) is 4.91. The van der Waals surface area contributed by atoms with Crippen LogP contribution in [0.25, 0.3) is 11.1 Å². The molecule has 2 aromatic carbocycles. The van der Waals surface area contributed by atoms with Crippen LogP contribution in [-0.2, 0) is 0 Å². The Morgan fingerprint density at radius 1 is 0.941 bits per heavy atom. The van der Waals surface area contributed by atoms with Crippen LogP contribution < -0.4 is 4.74 Å². The molecule has 88 valence electrons. The van der Waals surface area contributed by atoms with Crippen molar-refractivity contribution in [1.29, 1.82) is 0 Å². The second kappa shape index (κ2) is 5.55. The van der Waals surface area contributed by atoms with Gasteiger partial charge in [0, 0.05) is 14.5 Å². The van der Waals surface area contributed by atoms with Gasteiger partial charge in [-0.05, 0) is 45.8 Å². The molecule has 0 aromatic heterocycles. The lowest BCUT2D eigenvalue weighted by atomic mass is 10.1. The molecule has 0 saturated heterocycles. The highest BCUT2D eigenvalue weighted by Crippen LogP contribution is 2.39. The van der Waals surface area contributed by atoms with E-state index in [0.29, 0.717) is 0 Å². The molecule has 0 radical (unpaired) electrons. The van der Waals surface area contributed by atoms with Crippen LogP contribution in [0.1, 0.15) is 0 Å². The lowest BCUT2D eigenvalue weighted by Crippen LogP contribution is -1.88. The molecule has 0 heterocycles. The monoisotopic (exact) mass is 418 g/mol. The van der Waals surface area contributed by atoms with Crippen LogP contribution in [0.5, 0.6) is 5.75 Å². The minimum atomic E-state index is 0.828. The molecule has 2 rings (SSSR count). The molecule has 0 aliphatic carbocycles. The number of benzene rings is 2. The van der Waals surface area contributed by atoms with Crippen molar-refractivity contribution in [1.82, 2.24) is 0 Å². The summed E-state index contributed by atoms with van der Waals surface area (Å²) in [6, 6.07) is 12.1. The van der Waals surface area contributed by atoms with Crippen molar-refractivity contribution in [3.63, 3.8) is 0 Å². The summed E-state index contributed by atoms with van der Waals surface area (Å²) in [4.78, 5) is 0. The minimum Gasteiger partial charge on any atom is -0.496 e. The van der Waals surface area contributed by atoms with Gasteiger partial charge in [0.25, 0.3) is 0 Å². The van der Waals surface area contributed by atoms with Crippen LogP contribution in [0.15, 0.2) is 49.8 Å². The number of rotatable bonds is 2. The van der Waals surface area contributed by atoms with Crippen molar-refractivity contribution < 1.29 is 4.74 Å². The van der Waals surface area contributed by atoms with Gasteiger partial charge in [-0.2, -0.15) is 0 Å². The first kappa shape index (κ1) is 13.1. The second-order valence-corrected chi connectivity index (χ2v) is 6.01. The summed E-state index contributed by atoms with van der Waals surface area (Å²) in [6.45, 7) is 0. The third-order valence-electron chi connectivity index (χ3n) is 2.40. The van der Waals surface area contributed by atoms with Gasteiger partial charge in [-0.3, -0.25) is 0 Å². The zero-order valence-corrected chi connectivity index (χ0v) is 13.8. The normalized spacial score (nSPS) is 10.4. The third kappa shape index (κ3) is 2.75. The van der Waals surface area contributed by atoms with Gasteiger partial charge in [0.05, 0.1) is 11.6 Å². The average molecular weight is 421 g/mol. The molecule has 0 fully saturated rings. The fourth-order valence-corrected chi connectivity index (χ4v) is 3.04. The van der Waals surface area contributed by atoms with Crippen molar-refractivity contribution in [2.45, 2.75) is 0 Å². The van der Waals surface area contributed by atoms with Gasteiger partial charge in [-0.1, -0.05) is 44.0 Å². The predicted molar refractivity (Wildman–Crippen MR) is 81.5 cm³/mol. The highest BCUT2D eigenvalue weighted by Gasteiger charge is 2.11. The number of methoxy groups -OCH3 is 1. The van der Waals surface area contributed by atoms with Gasteiger partial charge >= 0.3 is 0 Å². The Bertz CT molecular complexity index is 552. The Kier molecular flexibility index (Phi) is 4.28. The number of hydrogen-bond donors (Lipinski definition) is 0. The Morgan fingerprint density at radius 2 is 1.71 bits per heavy atom. The van der Waals surface area contributed by atoms with Crippen LogP contribution in [0, 0.1) is 0 Å². The predicted octanol–water partition coefficient (Wildman–Crippen LogP) is 5.65. The summed E-state index contributed by atoms with van der Waals surface area (Å²) in [5.74, 6) is 0.828. The molecular weight excluding hydrogens is 412 g/mol. The van der Waals surface area contributed by atoms with Gasteiger partial charge in [0.1, 0.15) is 5.75 Å². The average Bonchev–Trinajstić information content (AvgIpc) is 2.33. The molecule has 0 amide bonds. The van der Waals surface area contributed by atoms with E-state index in [4.69, 9.17) is 4.74 Å². The van der Waals surface area contributed by atoms with Gasteiger partial charge in [-0.15, -0.1) is 0 Å². The molecule has 17 heavy (non-hydrogen) atoms. The fraction of sp³-hybridized carbons (Fsp3) is 0.0769. The summed E-state index contributed by atoms with van der Waals surface area (Å²) in [7, 11) is 1.67. The molecule has 0 N–H and O–H groups in total. The standard InChI is InChI=1S/C13H9Br3O/c1-17-12-4-2-3-9(13(12)16)10-7-8(14)5-6-11(10)15/h2-7H,1H3. The lowest BCUT2D eigenvalue weighted by Gasteiger charge is -2.11. The molecule has 0 saturated carbocycles. The maximum atomic E-state index is 5.30. The van der Waals surface area contributed by atoms with E-state index in [-0.39, 0.29) is 0 Å². The summed E-state index contributed by atoms with van der Waals surface area (Å²) in [6.07, 6.45) is 0. The van der Waals surface area contributed by atoms with E-state index in [2.05, 4.69) is 59.9 Å². The number of ether oxygens (including phenoxy) is 1. The summed E-state index contributed by atoms with van der Waals surface area (Å²) in [5, 5.41) is 0. The zero-order valence-electron chi connectivity index (χ0n) is 9.01. The summed E-state index contributed by atoms with van der Waals surface area (Å²) >= 11 is 10.6. The quantitative estimate of drug-likeness (QED) is 0.610. The van der Waals surface area contributed by atoms with Crippen LogP contribution in [0.2, 0.25) is 0 Å². The van der Waals surface area contributed by atoms with Gasteiger partial charge < -0.3 is 4.74 Å². The van der Waals surface area contributed by atoms with Crippen molar-refractivity contribution >= 4 is 47.8 Å². The van der Waals surface area contributed by atoms with Crippen LogP contribution in [0.4, 0.5) is 0 Å². The zero-order chi connectivity index (χ0) is 12.4. The fourth-order valence-electron chi connectivity index (χ4n) is 1.58. The van der Waals surface area contributed by atoms with E-state index in [0.717, 1.165) is 30.3 Å². The van der Waals surface area contributed by atoms with E-state index in [1.807, 2.05) is 24.3 Å². The topological polar surface area (TPSA) is 9.23 Å². The van der Waals surface area contributed by atoms with E-state index in [9.17, 15) is 0 Å². The van der Waals surface area contributed by atoms with E-state index >= 15 is 0 Å². The number of halogens is 3. The highest BCUT2D eigenvalue weighted by atomic mass is 79.9. The largest absolute Gasteiger partial charge is 0.496 e. The van der Waals surface area contributed by atoms with Crippen molar-refractivity contribution in [2.75, 3.05) is 7.11 Å². The maximum Gasteiger partial charge on any atom is 0.133 e. The molecule has 4 heteroatoms. The maximum absolute atomic E-state index is 5.30. The summed E-state index contributed by atoms with van der Waals surface area (Å²) < 4.78 is 8.36. The molecule has 0 aliphatic rings. The molecule has 1 nitrogen and oxygen atoms in total. The molecule has 2 aromatic rings. The summed E-state index contributed by atoms with van der Waals surface area (Å²) in [5.41, 5.74) is 2.21. The Hall–Kier alpha value is -0.320. The molecule has 0 spiro atoms. The van der Waals surface area contributed by atoms with E-state index in [1.54, 1.807) is 7.11 Å². The first-order valence-corrected chi connectivity index (χ1v) is 7.29. The van der Waals surface area contributed by atoms with Crippen LogP contribution >= 0.6 is 47.8 Å². The SMILES string of the molecule is COc1cccc(-c2cc(Br)ccc2Br)c1Br. The Labute approximate surface area is 126 Å². The molecule has 0 unspecified atom stereocenters. The molecule has 0 bridgehead atoms. The third-order valence-corrected chi connectivity index (χ3v) is 4.40. The second-order valence-electron chi connectivity index (χ2n) is 3.45. The van der Waals surface area contributed by atoms with Crippen LogP contribution in [-0.4, -0.2) is 7.11 Å². The van der Waals surface area contributed by atoms with Crippen molar-refractivity contribution in [3.05, 3.63) is 49.8 Å². The minimum absolute atomic E-state index is 0.828. The van der Waals surface area contributed by atoms with Gasteiger partial charge in [0.15, 0.2) is 0 Å². The Balaban J connectivity index is 2.64. The Morgan fingerprint density at radius 3 is 2.41 bits per heavy atom. The smallest absolute Gasteiger partial charge is 0.133 e. The molecular formula is C13H9Br3O. The highest BCUT2D eigenvalue weighted by molar-refractivity contribution is 9.11. The lowest BCUT2D eigenvalue weighted by molar-refractivity contribution is 0.412. The van der Waals surface area contributed by atoms with Crippen LogP contribution in [0.3, 0.4) is 0 Å². The first-order chi connectivity index (χ1) is 8.13. The van der Waals surface area contributed by atoms with Gasteiger partial charge in [0.2, 0.25) is 0 Å². The van der Waals surface area contributed by atoms with Gasteiger partial charge in [-0.25, -0.2) is 0 Å². The van der Waals surface area contributed by atoms with Crippen molar-refractivity contribution in [3.8, 4) is 16.9 Å². The van der Waals surface area contributed by atoms with E-state index < -0.39 is 0 Å². The molecule has 0 aliphatic heterocycles. The molecule has 0 atom stereocenters. The van der Waals surface area contributed by atoms with E-state index in [1.165, 1.54) is 0 Å². The van der Waals surface area contributed by atoms with Crippen molar-refractivity contribution in [2.24, 2.45) is 0 Å². The number of hydrogen-bond acceptors (Lipinski definition) is 1.